The Bertz CT molecular complexity index is 1150. The Morgan fingerprint density at radius 1 is 0.867 bits per heavy atom. The number of rotatable bonds is 4. The smallest absolute Gasteiger partial charge is 0.165 e. The van der Waals surface area contributed by atoms with Gasteiger partial charge in [0.2, 0.25) is 0 Å². The molecule has 152 valence electrons. The highest BCUT2D eigenvalue weighted by molar-refractivity contribution is 5.90. The lowest BCUT2D eigenvalue weighted by Gasteiger charge is -2.33. The van der Waals surface area contributed by atoms with Crippen LogP contribution in [0.3, 0.4) is 0 Å². The average molecular weight is 406 g/mol. The van der Waals surface area contributed by atoms with Crippen LogP contribution in [0.15, 0.2) is 61.1 Å². The maximum absolute atomic E-state index is 13.5. The number of aromatic nitrogens is 4. The van der Waals surface area contributed by atoms with E-state index in [9.17, 15) is 8.78 Å². The number of hydrogen-bond acceptors (Lipinski definition) is 5. The highest BCUT2D eigenvalue weighted by Crippen LogP contribution is 2.35. The molecule has 0 spiro atoms. The lowest BCUT2D eigenvalue weighted by molar-refractivity contribution is 0.176. The van der Waals surface area contributed by atoms with Crippen molar-refractivity contribution in [2.24, 2.45) is 0 Å². The average Bonchev–Trinajstić information content (AvgIpc) is 3.19. The molecule has 5 rings (SSSR count). The number of piperazine rings is 1. The van der Waals surface area contributed by atoms with Crippen LogP contribution in [0.4, 0.5) is 14.6 Å². The molecule has 0 atom stereocenters. The van der Waals surface area contributed by atoms with Gasteiger partial charge in [0.25, 0.3) is 0 Å². The zero-order valence-electron chi connectivity index (χ0n) is 16.2. The van der Waals surface area contributed by atoms with Gasteiger partial charge in [-0.05, 0) is 48.0 Å². The third kappa shape index (κ3) is 3.39. The molecule has 0 N–H and O–H groups in total. The highest BCUT2D eigenvalue weighted by atomic mass is 19.1. The molecule has 0 aliphatic carbocycles. The number of hydrogen-bond donors (Lipinski definition) is 0. The number of nitrogens with zero attached hydrogens (tertiary/aromatic N) is 6. The molecule has 0 amide bonds. The van der Waals surface area contributed by atoms with Gasteiger partial charge in [-0.25, -0.2) is 18.3 Å². The molecule has 1 aliphatic rings. The molecule has 3 aromatic heterocycles. The molecule has 0 unspecified atom stereocenters. The van der Waals surface area contributed by atoms with Crippen LogP contribution in [0.5, 0.6) is 0 Å². The third-order valence-corrected chi connectivity index (χ3v) is 5.42. The van der Waals surface area contributed by atoms with Crippen LogP contribution in [-0.2, 0) is 0 Å². The first-order chi connectivity index (χ1) is 14.7. The van der Waals surface area contributed by atoms with Gasteiger partial charge in [0, 0.05) is 50.3 Å². The molecule has 0 bridgehead atoms. The number of pyridine rings is 1. The summed E-state index contributed by atoms with van der Waals surface area (Å²) in [7, 11) is 0. The lowest BCUT2D eigenvalue weighted by Crippen LogP contribution is -2.46. The van der Waals surface area contributed by atoms with Gasteiger partial charge in [0.15, 0.2) is 5.65 Å². The van der Waals surface area contributed by atoms with Gasteiger partial charge in [-0.3, -0.25) is 9.88 Å². The molecule has 6 nitrogen and oxygen atoms in total. The van der Waals surface area contributed by atoms with Crippen molar-refractivity contribution in [1.29, 1.82) is 0 Å². The third-order valence-electron chi connectivity index (χ3n) is 5.42. The number of fused-ring (bicyclic) bond motifs is 1. The van der Waals surface area contributed by atoms with Gasteiger partial charge in [-0.1, -0.05) is 0 Å². The number of halogens is 2. The molecular formula is C22H20F2N6. The fourth-order valence-electron chi connectivity index (χ4n) is 3.79. The summed E-state index contributed by atoms with van der Waals surface area (Å²) >= 11 is 0. The van der Waals surface area contributed by atoms with Crippen LogP contribution in [-0.4, -0.2) is 57.5 Å². The monoisotopic (exact) mass is 406 g/mol. The molecule has 1 aliphatic heterocycles. The highest BCUT2D eigenvalue weighted by Gasteiger charge is 2.21. The minimum Gasteiger partial charge on any atom is -0.354 e. The largest absolute Gasteiger partial charge is 0.354 e. The predicted octanol–water partition coefficient (Wildman–Crippen LogP) is 3.65. The van der Waals surface area contributed by atoms with Crippen LogP contribution in [0.1, 0.15) is 0 Å². The number of benzene rings is 1. The second-order valence-corrected chi connectivity index (χ2v) is 7.24. The summed E-state index contributed by atoms with van der Waals surface area (Å²) in [5.74, 6) is 0.544. The van der Waals surface area contributed by atoms with Gasteiger partial charge in [0.05, 0.1) is 5.56 Å². The van der Waals surface area contributed by atoms with Crippen LogP contribution in [0.25, 0.3) is 28.0 Å². The van der Waals surface area contributed by atoms with Gasteiger partial charge >= 0.3 is 0 Å². The van der Waals surface area contributed by atoms with Crippen LogP contribution >= 0.6 is 0 Å². The van der Waals surface area contributed by atoms with Crippen molar-refractivity contribution in [2.45, 2.75) is 0 Å². The van der Waals surface area contributed by atoms with Crippen LogP contribution in [0, 0.1) is 5.82 Å². The Balaban J connectivity index is 1.63. The van der Waals surface area contributed by atoms with Crippen molar-refractivity contribution >= 4 is 11.5 Å². The van der Waals surface area contributed by atoms with Gasteiger partial charge < -0.3 is 4.90 Å². The van der Waals surface area contributed by atoms with E-state index in [1.165, 1.54) is 12.1 Å². The van der Waals surface area contributed by atoms with E-state index in [0.29, 0.717) is 18.7 Å². The van der Waals surface area contributed by atoms with Gasteiger partial charge in [-0.2, -0.15) is 5.10 Å². The summed E-state index contributed by atoms with van der Waals surface area (Å²) in [5, 5.41) is 4.74. The molecule has 30 heavy (non-hydrogen) atoms. The molecule has 0 saturated carbocycles. The van der Waals surface area contributed by atoms with Gasteiger partial charge in [-0.15, -0.1) is 0 Å². The van der Waals surface area contributed by atoms with E-state index in [2.05, 4.69) is 9.88 Å². The summed E-state index contributed by atoms with van der Waals surface area (Å²) in [6.07, 6.45) is 5.34. The van der Waals surface area contributed by atoms with E-state index in [-0.39, 0.29) is 5.82 Å². The van der Waals surface area contributed by atoms with Crippen LogP contribution < -0.4 is 4.90 Å². The molecule has 4 heterocycles. The molecule has 1 fully saturated rings. The Morgan fingerprint density at radius 3 is 2.30 bits per heavy atom. The first kappa shape index (κ1) is 18.6. The van der Waals surface area contributed by atoms with Crippen molar-refractivity contribution in [3.8, 4) is 22.4 Å². The lowest BCUT2D eigenvalue weighted by atomic mass is 10.0. The summed E-state index contributed by atoms with van der Waals surface area (Å²) in [5.41, 5.74) is 4.06. The van der Waals surface area contributed by atoms with Crippen LogP contribution in [0.2, 0.25) is 0 Å². The Hall–Kier alpha value is -3.39. The Labute approximate surface area is 172 Å². The summed E-state index contributed by atoms with van der Waals surface area (Å²) in [6, 6.07) is 12.1. The number of anilines is 1. The summed E-state index contributed by atoms with van der Waals surface area (Å²) in [6.45, 7) is 2.35. The van der Waals surface area contributed by atoms with Crippen molar-refractivity contribution < 1.29 is 8.78 Å². The maximum Gasteiger partial charge on any atom is 0.165 e. The van der Waals surface area contributed by atoms with Gasteiger partial charge in [0.1, 0.15) is 24.1 Å². The second kappa shape index (κ2) is 7.79. The molecule has 8 heteroatoms. The number of alkyl halides is 1. The standard InChI is InChI=1S/C22H20F2N6/c23-15-28-11-13-29(14-12-28)19-7-10-30-22(26-19)20(16-5-8-25-9-6-16)21(27-30)17-1-3-18(24)4-2-17/h1-10H,11-15H2. The summed E-state index contributed by atoms with van der Waals surface area (Å²) < 4.78 is 28.1. The van der Waals surface area contributed by atoms with Crippen molar-refractivity contribution in [3.63, 3.8) is 0 Å². The fraction of sp³-hybridized carbons (Fsp3) is 0.227. The first-order valence-corrected chi connectivity index (χ1v) is 9.82. The Kier molecular flexibility index (Phi) is 4.84. The predicted molar refractivity (Wildman–Crippen MR) is 111 cm³/mol. The zero-order chi connectivity index (χ0) is 20.5. The molecule has 4 aromatic rings. The van der Waals surface area contributed by atoms with E-state index < -0.39 is 6.80 Å². The van der Waals surface area contributed by atoms with E-state index in [1.54, 1.807) is 33.9 Å². The van der Waals surface area contributed by atoms with Crippen molar-refractivity contribution in [3.05, 3.63) is 66.9 Å². The normalized spacial score (nSPS) is 15.1. The SMILES string of the molecule is FCN1CCN(c2ccn3nc(-c4ccc(F)cc4)c(-c4ccncc4)c3n2)CC1. The maximum atomic E-state index is 13.5. The Morgan fingerprint density at radius 2 is 1.60 bits per heavy atom. The van der Waals surface area contributed by atoms with E-state index >= 15 is 0 Å². The molecular weight excluding hydrogens is 386 g/mol. The van der Waals surface area contributed by atoms with E-state index in [4.69, 9.17) is 10.1 Å². The quantitative estimate of drug-likeness (QED) is 0.484. The van der Waals surface area contributed by atoms with Crippen molar-refractivity contribution in [2.75, 3.05) is 37.9 Å². The molecule has 0 radical (unpaired) electrons. The second-order valence-electron chi connectivity index (χ2n) is 7.24. The fourth-order valence-corrected chi connectivity index (χ4v) is 3.79. The minimum atomic E-state index is -0.420. The zero-order valence-corrected chi connectivity index (χ0v) is 16.2. The van der Waals surface area contributed by atoms with Crippen molar-refractivity contribution in [1.82, 2.24) is 24.5 Å². The minimum absolute atomic E-state index is 0.291. The molecule has 1 saturated heterocycles. The molecule has 1 aromatic carbocycles. The first-order valence-electron chi connectivity index (χ1n) is 9.82. The topological polar surface area (TPSA) is 49.6 Å². The van der Waals surface area contributed by atoms with E-state index in [1.807, 2.05) is 24.4 Å². The van der Waals surface area contributed by atoms with E-state index in [0.717, 1.165) is 41.3 Å². The summed E-state index contributed by atoms with van der Waals surface area (Å²) in [4.78, 5) is 13.0.